The standard InChI is InChI=1S/C18H18N2O4S/c21-16(20-18(17(22)23)7-10-25-12-18)14-1-3-15(4-2-14)24-11-13-5-8-19-9-6-13/h1-6,8-9H,7,10-12H2,(H,20,21)(H,22,23). The molecule has 1 atom stereocenters. The predicted molar refractivity (Wildman–Crippen MR) is 94.8 cm³/mol. The summed E-state index contributed by atoms with van der Waals surface area (Å²) in [5.41, 5.74) is 0.242. The second-order valence-electron chi connectivity index (χ2n) is 5.81. The third-order valence-electron chi connectivity index (χ3n) is 4.06. The maximum atomic E-state index is 12.4. The van der Waals surface area contributed by atoms with E-state index in [0.29, 0.717) is 30.1 Å². The van der Waals surface area contributed by atoms with Crippen LogP contribution in [0.1, 0.15) is 22.3 Å². The number of carboxylic acid groups (broad SMARTS) is 1. The highest BCUT2D eigenvalue weighted by Crippen LogP contribution is 2.28. The fraction of sp³-hybridized carbons (Fsp3) is 0.278. The van der Waals surface area contributed by atoms with Gasteiger partial charge in [-0.2, -0.15) is 11.8 Å². The number of aliphatic carboxylic acids is 1. The normalized spacial score (nSPS) is 19.4. The molecule has 2 N–H and O–H groups in total. The van der Waals surface area contributed by atoms with E-state index in [2.05, 4.69) is 10.3 Å². The number of pyridine rings is 1. The average Bonchev–Trinajstić information content (AvgIpc) is 3.11. The number of hydrogen-bond donors (Lipinski definition) is 2. The van der Waals surface area contributed by atoms with E-state index in [1.54, 1.807) is 36.7 Å². The van der Waals surface area contributed by atoms with Gasteiger partial charge in [-0.25, -0.2) is 4.79 Å². The summed E-state index contributed by atoms with van der Waals surface area (Å²) in [6, 6.07) is 10.4. The number of ether oxygens (including phenoxy) is 1. The van der Waals surface area contributed by atoms with Crippen molar-refractivity contribution in [3.05, 3.63) is 59.9 Å². The van der Waals surface area contributed by atoms with Gasteiger partial charge in [-0.15, -0.1) is 0 Å². The van der Waals surface area contributed by atoms with E-state index in [0.717, 1.165) is 11.3 Å². The lowest BCUT2D eigenvalue weighted by Crippen LogP contribution is -2.54. The summed E-state index contributed by atoms with van der Waals surface area (Å²) in [6.07, 6.45) is 3.84. The molecule has 130 valence electrons. The van der Waals surface area contributed by atoms with Crippen molar-refractivity contribution in [3.8, 4) is 5.75 Å². The van der Waals surface area contributed by atoms with Gasteiger partial charge < -0.3 is 15.2 Å². The van der Waals surface area contributed by atoms with Crippen LogP contribution >= 0.6 is 11.8 Å². The predicted octanol–water partition coefficient (Wildman–Crippen LogP) is 2.35. The summed E-state index contributed by atoms with van der Waals surface area (Å²) in [5, 5.41) is 12.1. The summed E-state index contributed by atoms with van der Waals surface area (Å²) >= 11 is 1.53. The second kappa shape index (κ2) is 7.57. The molecule has 7 heteroatoms. The van der Waals surface area contributed by atoms with Crippen molar-refractivity contribution in [3.63, 3.8) is 0 Å². The topological polar surface area (TPSA) is 88.5 Å². The van der Waals surface area contributed by atoms with Crippen molar-refractivity contribution in [1.82, 2.24) is 10.3 Å². The van der Waals surface area contributed by atoms with Gasteiger partial charge in [-0.1, -0.05) is 0 Å². The Morgan fingerprint density at radius 2 is 1.92 bits per heavy atom. The first-order chi connectivity index (χ1) is 12.1. The van der Waals surface area contributed by atoms with E-state index in [4.69, 9.17) is 4.74 Å². The third kappa shape index (κ3) is 4.11. The number of carboxylic acids is 1. The molecular formula is C18H18N2O4S. The highest BCUT2D eigenvalue weighted by atomic mass is 32.2. The van der Waals surface area contributed by atoms with E-state index in [-0.39, 0.29) is 5.91 Å². The molecule has 1 aliphatic rings. The molecule has 1 aromatic heterocycles. The van der Waals surface area contributed by atoms with Crippen molar-refractivity contribution in [1.29, 1.82) is 0 Å². The molecule has 6 nitrogen and oxygen atoms in total. The summed E-state index contributed by atoms with van der Waals surface area (Å²) in [7, 11) is 0. The Morgan fingerprint density at radius 1 is 1.20 bits per heavy atom. The number of thioether (sulfide) groups is 1. The number of carbonyl (C=O) groups excluding carboxylic acids is 1. The van der Waals surface area contributed by atoms with Gasteiger partial charge in [0.05, 0.1) is 0 Å². The summed E-state index contributed by atoms with van der Waals surface area (Å²) in [4.78, 5) is 27.8. The molecule has 1 saturated heterocycles. The molecule has 0 aliphatic carbocycles. The Kier molecular flexibility index (Phi) is 5.23. The molecule has 0 saturated carbocycles. The maximum absolute atomic E-state index is 12.4. The van der Waals surface area contributed by atoms with Crippen molar-refractivity contribution in [2.45, 2.75) is 18.6 Å². The number of aromatic nitrogens is 1. The van der Waals surface area contributed by atoms with Crippen LogP contribution in [0.3, 0.4) is 0 Å². The Bertz CT molecular complexity index is 743. The van der Waals surface area contributed by atoms with E-state index in [9.17, 15) is 14.7 Å². The van der Waals surface area contributed by atoms with Gasteiger partial charge in [-0.3, -0.25) is 9.78 Å². The summed E-state index contributed by atoms with van der Waals surface area (Å²) < 4.78 is 5.66. The SMILES string of the molecule is O=C(NC1(C(=O)O)CCSC1)c1ccc(OCc2ccncc2)cc1. The van der Waals surface area contributed by atoms with E-state index >= 15 is 0 Å². The minimum absolute atomic E-state index is 0.384. The lowest BCUT2D eigenvalue weighted by Gasteiger charge is -2.24. The Labute approximate surface area is 149 Å². The molecule has 1 aliphatic heterocycles. The van der Waals surface area contributed by atoms with Crippen LogP contribution in [0, 0.1) is 0 Å². The molecule has 1 aromatic carbocycles. The minimum Gasteiger partial charge on any atom is -0.489 e. The van der Waals surface area contributed by atoms with E-state index in [1.165, 1.54) is 11.8 Å². The first kappa shape index (κ1) is 17.3. The zero-order chi connectivity index (χ0) is 17.7. The van der Waals surface area contributed by atoms with E-state index < -0.39 is 11.5 Å². The van der Waals surface area contributed by atoms with Crippen LogP contribution in [0.15, 0.2) is 48.8 Å². The lowest BCUT2D eigenvalue weighted by molar-refractivity contribution is -0.143. The summed E-state index contributed by atoms with van der Waals surface area (Å²) in [6.45, 7) is 0.410. The third-order valence-corrected chi connectivity index (χ3v) is 5.24. The first-order valence-corrected chi connectivity index (χ1v) is 9.00. The van der Waals surface area contributed by atoms with E-state index in [1.807, 2.05) is 12.1 Å². The fourth-order valence-electron chi connectivity index (χ4n) is 2.52. The van der Waals surface area contributed by atoms with Crippen molar-refractivity contribution in [2.75, 3.05) is 11.5 Å². The van der Waals surface area contributed by atoms with Crippen LogP contribution in [-0.2, 0) is 11.4 Å². The highest BCUT2D eigenvalue weighted by molar-refractivity contribution is 7.99. The lowest BCUT2D eigenvalue weighted by atomic mass is 9.98. The molecule has 0 spiro atoms. The molecule has 1 unspecified atom stereocenters. The molecule has 2 aromatic rings. The number of benzene rings is 1. The molecule has 1 fully saturated rings. The van der Waals surface area contributed by atoms with Crippen molar-refractivity contribution >= 4 is 23.6 Å². The first-order valence-electron chi connectivity index (χ1n) is 7.84. The van der Waals surface area contributed by atoms with Gasteiger partial charge in [0.25, 0.3) is 5.91 Å². The van der Waals surface area contributed by atoms with Gasteiger partial charge in [0.2, 0.25) is 0 Å². The number of rotatable bonds is 6. The smallest absolute Gasteiger partial charge is 0.330 e. The fourth-order valence-corrected chi connectivity index (χ4v) is 3.85. The Morgan fingerprint density at radius 3 is 2.52 bits per heavy atom. The van der Waals surface area contributed by atoms with Crippen LogP contribution < -0.4 is 10.1 Å². The summed E-state index contributed by atoms with van der Waals surface area (Å²) in [5.74, 6) is 0.390. The molecule has 0 bridgehead atoms. The number of nitrogens with zero attached hydrogens (tertiary/aromatic N) is 1. The molecule has 0 radical (unpaired) electrons. The molecule has 3 rings (SSSR count). The van der Waals surface area contributed by atoms with Gasteiger partial charge in [0.1, 0.15) is 17.9 Å². The quantitative estimate of drug-likeness (QED) is 0.824. The zero-order valence-electron chi connectivity index (χ0n) is 13.5. The van der Waals surface area contributed by atoms with Crippen molar-refractivity contribution < 1.29 is 19.4 Å². The average molecular weight is 358 g/mol. The van der Waals surface area contributed by atoms with Crippen LogP contribution in [0.2, 0.25) is 0 Å². The van der Waals surface area contributed by atoms with Crippen molar-refractivity contribution in [2.24, 2.45) is 0 Å². The largest absolute Gasteiger partial charge is 0.489 e. The Hall–Kier alpha value is -2.54. The second-order valence-corrected chi connectivity index (χ2v) is 6.92. The number of nitrogens with one attached hydrogen (secondary N) is 1. The monoisotopic (exact) mass is 358 g/mol. The van der Waals surface area contributed by atoms with Crippen LogP contribution in [0.4, 0.5) is 0 Å². The van der Waals surface area contributed by atoms with Crippen LogP contribution in [0.5, 0.6) is 5.75 Å². The van der Waals surface area contributed by atoms with Gasteiger partial charge in [0.15, 0.2) is 0 Å². The number of amides is 1. The van der Waals surface area contributed by atoms with Crippen LogP contribution in [-0.4, -0.2) is 39.0 Å². The maximum Gasteiger partial charge on any atom is 0.330 e. The van der Waals surface area contributed by atoms with Crippen LogP contribution in [0.25, 0.3) is 0 Å². The zero-order valence-corrected chi connectivity index (χ0v) is 14.3. The molecule has 1 amide bonds. The Balaban J connectivity index is 1.61. The minimum atomic E-state index is -1.17. The number of carbonyl (C=O) groups is 2. The molecule has 25 heavy (non-hydrogen) atoms. The van der Waals surface area contributed by atoms with Gasteiger partial charge in [-0.05, 0) is 54.1 Å². The van der Waals surface area contributed by atoms with Gasteiger partial charge >= 0.3 is 5.97 Å². The van der Waals surface area contributed by atoms with Gasteiger partial charge in [0, 0.05) is 23.7 Å². The number of hydrogen-bond acceptors (Lipinski definition) is 5. The highest BCUT2D eigenvalue weighted by Gasteiger charge is 2.43. The molecular weight excluding hydrogens is 340 g/mol. The molecule has 2 heterocycles.